The van der Waals surface area contributed by atoms with Gasteiger partial charge in [-0.2, -0.15) is 0 Å². The average molecular weight is 349 g/mol. The molecule has 2 atom stereocenters. The van der Waals surface area contributed by atoms with Crippen LogP contribution in [0, 0.1) is 0 Å². The minimum Gasteiger partial charge on any atom is -0.481 e. The Balaban J connectivity index is 1.71. The van der Waals surface area contributed by atoms with Crippen molar-refractivity contribution in [3.8, 4) is 0 Å². The minimum atomic E-state index is -0.871. The van der Waals surface area contributed by atoms with Crippen LogP contribution in [0.5, 0.6) is 0 Å². The molecule has 2 aromatic rings. The number of carbonyl (C=O) groups excluding carboxylic acids is 1. The number of carboxylic acids is 1. The molecule has 0 saturated heterocycles. The summed E-state index contributed by atoms with van der Waals surface area (Å²) in [6.45, 7) is 2.74. The van der Waals surface area contributed by atoms with E-state index in [-0.39, 0.29) is 12.5 Å². The number of aryl methyl sites for hydroxylation is 1. The lowest BCUT2D eigenvalue weighted by atomic mass is 9.70. The zero-order valence-corrected chi connectivity index (χ0v) is 14.9. The van der Waals surface area contributed by atoms with E-state index in [9.17, 15) is 14.7 Å². The Morgan fingerprint density at radius 2 is 1.77 bits per heavy atom. The molecule has 0 spiro atoms. The number of hydrogen-bond donors (Lipinski definition) is 1. The molecule has 1 amide bonds. The van der Waals surface area contributed by atoms with Gasteiger partial charge in [0.05, 0.1) is 11.3 Å². The van der Waals surface area contributed by atoms with E-state index in [1.165, 1.54) is 5.56 Å². The SMILES string of the molecule is CC1(C(=O)N2Cc3ccccc3C(C(=O)O)C2)CCCc2ccccc21. The van der Waals surface area contributed by atoms with Gasteiger partial charge in [0.2, 0.25) is 5.91 Å². The number of carbonyl (C=O) groups is 2. The predicted molar refractivity (Wildman–Crippen MR) is 99.0 cm³/mol. The smallest absolute Gasteiger partial charge is 0.312 e. The monoisotopic (exact) mass is 349 g/mol. The molecule has 0 fully saturated rings. The molecule has 4 nitrogen and oxygen atoms in total. The Bertz CT molecular complexity index is 875. The van der Waals surface area contributed by atoms with Crippen LogP contribution in [0.25, 0.3) is 0 Å². The van der Waals surface area contributed by atoms with Crippen molar-refractivity contribution in [3.63, 3.8) is 0 Å². The molecule has 1 aliphatic carbocycles. The van der Waals surface area contributed by atoms with Crippen molar-refractivity contribution >= 4 is 11.9 Å². The third-order valence-electron chi connectivity index (χ3n) is 5.99. The fraction of sp³-hybridized carbons (Fsp3) is 0.364. The topological polar surface area (TPSA) is 57.6 Å². The van der Waals surface area contributed by atoms with Gasteiger partial charge in [-0.25, -0.2) is 0 Å². The summed E-state index contributed by atoms with van der Waals surface area (Å²) in [7, 11) is 0. The largest absolute Gasteiger partial charge is 0.481 e. The molecule has 0 saturated carbocycles. The lowest BCUT2D eigenvalue weighted by Gasteiger charge is -2.41. The van der Waals surface area contributed by atoms with Crippen molar-refractivity contribution in [2.45, 2.75) is 44.1 Å². The van der Waals surface area contributed by atoms with Gasteiger partial charge in [0, 0.05) is 13.1 Å². The number of fused-ring (bicyclic) bond motifs is 2. The van der Waals surface area contributed by atoms with Gasteiger partial charge in [-0.3, -0.25) is 9.59 Å². The molecule has 2 aromatic carbocycles. The Morgan fingerprint density at radius 3 is 2.54 bits per heavy atom. The van der Waals surface area contributed by atoms with Crippen molar-refractivity contribution in [1.29, 1.82) is 0 Å². The molecule has 2 unspecified atom stereocenters. The third kappa shape index (κ3) is 2.61. The summed E-state index contributed by atoms with van der Waals surface area (Å²) in [5.74, 6) is -1.49. The Labute approximate surface area is 153 Å². The number of amides is 1. The second-order valence-electron chi connectivity index (χ2n) is 7.62. The van der Waals surface area contributed by atoms with Gasteiger partial charge in [-0.05, 0) is 48.4 Å². The van der Waals surface area contributed by atoms with Gasteiger partial charge < -0.3 is 10.0 Å². The van der Waals surface area contributed by atoms with Crippen LogP contribution in [0.1, 0.15) is 47.9 Å². The molecule has 134 valence electrons. The zero-order chi connectivity index (χ0) is 18.3. The van der Waals surface area contributed by atoms with Crippen LogP contribution in [-0.2, 0) is 28.0 Å². The second-order valence-corrected chi connectivity index (χ2v) is 7.62. The van der Waals surface area contributed by atoms with Crippen LogP contribution < -0.4 is 0 Å². The molecule has 0 bridgehead atoms. The number of rotatable bonds is 2. The minimum absolute atomic E-state index is 0.0467. The Kier molecular flexibility index (Phi) is 4.06. The van der Waals surface area contributed by atoms with E-state index in [1.807, 2.05) is 43.3 Å². The van der Waals surface area contributed by atoms with Gasteiger partial charge in [0.1, 0.15) is 0 Å². The van der Waals surface area contributed by atoms with Gasteiger partial charge in [0.15, 0.2) is 0 Å². The van der Waals surface area contributed by atoms with E-state index >= 15 is 0 Å². The molecule has 1 N–H and O–H groups in total. The van der Waals surface area contributed by atoms with E-state index in [0.717, 1.165) is 36.0 Å². The first kappa shape index (κ1) is 16.8. The zero-order valence-electron chi connectivity index (χ0n) is 14.9. The lowest BCUT2D eigenvalue weighted by molar-refractivity contribution is -0.143. The highest BCUT2D eigenvalue weighted by Gasteiger charge is 2.43. The number of hydrogen-bond acceptors (Lipinski definition) is 2. The molecule has 1 aliphatic heterocycles. The van der Waals surface area contributed by atoms with E-state index in [2.05, 4.69) is 12.1 Å². The normalized spacial score (nSPS) is 24.5. The summed E-state index contributed by atoms with van der Waals surface area (Å²) in [4.78, 5) is 27.1. The fourth-order valence-corrected chi connectivity index (χ4v) is 4.59. The maximum Gasteiger partial charge on any atom is 0.312 e. The van der Waals surface area contributed by atoms with Crippen molar-refractivity contribution in [2.75, 3.05) is 6.54 Å². The van der Waals surface area contributed by atoms with Crippen LogP contribution in [0.15, 0.2) is 48.5 Å². The molecule has 1 heterocycles. The summed E-state index contributed by atoms with van der Waals surface area (Å²) < 4.78 is 0. The highest BCUT2D eigenvalue weighted by atomic mass is 16.4. The molecule has 26 heavy (non-hydrogen) atoms. The summed E-state index contributed by atoms with van der Waals surface area (Å²) in [6.07, 6.45) is 2.78. The van der Waals surface area contributed by atoms with Crippen molar-refractivity contribution in [1.82, 2.24) is 4.90 Å². The molecule has 0 radical (unpaired) electrons. The molecule has 4 heteroatoms. The molecule has 2 aliphatic rings. The number of benzene rings is 2. The van der Waals surface area contributed by atoms with E-state index in [0.29, 0.717) is 6.54 Å². The summed E-state index contributed by atoms with van der Waals surface area (Å²) in [5.41, 5.74) is 3.53. The van der Waals surface area contributed by atoms with Crippen LogP contribution in [0.4, 0.5) is 0 Å². The maximum atomic E-state index is 13.5. The van der Waals surface area contributed by atoms with Crippen LogP contribution in [-0.4, -0.2) is 28.4 Å². The van der Waals surface area contributed by atoms with Gasteiger partial charge >= 0.3 is 5.97 Å². The van der Waals surface area contributed by atoms with Crippen molar-refractivity contribution in [2.24, 2.45) is 0 Å². The average Bonchev–Trinajstić information content (AvgIpc) is 2.66. The fourth-order valence-electron chi connectivity index (χ4n) is 4.59. The van der Waals surface area contributed by atoms with Crippen molar-refractivity contribution < 1.29 is 14.7 Å². The maximum absolute atomic E-state index is 13.5. The number of aliphatic carboxylic acids is 1. The van der Waals surface area contributed by atoms with Gasteiger partial charge in [0.25, 0.3) is 0 Å². The van der Waals surface area contributed by atoms with E-state index in [4.69, 9.17) is 0 Å². The quantitative estimate of drug-likeness (QED) is 0.903. The van der Waals surface area contributed by atoms with Crippen LogP contribution in [0.3, 0.4) is 0 Å². The molecular formula is C22H23NO3. The van der Waals surface area contributed by atoms with Gasteiger partial charge in [-0.15, -0.1) is 0 Å². The number of carboxylic acid groups (broad SMARTS) is 1. The third-order valence-corrected chi connectivity index (χ3v) is 5.99. The summed E-state index contributed by atoms with van der Waals surface area (Å²) >= 11 is 0. The first-order valence-electron chi connectivity index (χ1n) is 9.19. The standard InChI is InChI=1S/C22H23NO3/c1-22(12-6-9-15-7-3-5-11-19(15)22)21(26)23-13-16-8-2-4-10-17(16)18(14-23)20(24)25/h2-5,7-8,10-11,18H,6,9,12-14H2,1H3,(H,24,25). The van der Waals surface area contributed by atoms with Crippen molar-refractivity contribution in [3.05, 3.63) is 70.8 Å². The van der Waals surface area contributed by atoms with Gasteiger partial charge in [-0.1, -0.05) is 48.5 Å². The Morgan fingerprint density at radius 1 is 1.08 bits per heavy atom. The Hall–Kier alpha value is -2.62. The first-order valence-corrected chi connectivity index (χ1v) is 9.19. The van der Waals surface area contributed by atoms with E-state index < -0.39 is 17.3 Å². The van der Waals surface area contributed by atoms with Crippen LogP contribution in [0.2, 0.25) is 0 Å². The predicted octanol–water partition coefficient (Wildman–Crippen LogP) is 3.49. The lowest BCUT2D eigenvalue weighted by Crippen LogP contribution is -2.50. The highest BCUT2D eigenvalue weighted by molar-refractivity contribution is 5.90. The molecule has 0 aromatic heterocycles. The summed E-state index contributed by atoms with van der Waals surface area (Å²) in [6, 6.07) is 15.7. The molecular weight excluding hydrogens is 326 g/mol. The van der Waals surface area contributed by atoms with Crippen LogP contribution >= 0.6 is 0 Å². The summed E-state index contributed by atoms with van der Waals surface area (Å²) in [5, 5.41) is 9.68. The van der Waals surface area contributed by atoms with E-state index in [1.54, 1.807) is 4.90 Å². The second kappa shape index (κ2) is 6.27. The number of nitrogens with zero attached hydrogens (tertiary/aromatic N) is 1. The first-order chi connectivity index (χ1) is 12.5. The molecule has 4 rings (SSSR count). The highest BCUT2D eigenvalue weighted by Crippen LogP contribution is 2.40.